The minimum absolute atomic E-state index is 0.0118. The lowest BCUT2D eigenvalue weighted by atomic mass is 10.1. The quantitative estimate of drug-likeness (QED) is 0.524. The van der Waals surface area contributed by atoms with Gasteiger partial charge in [0.05, 0.1) is 13.1 Å². The van der Waals surface area contributed by atoms with Gasteiger partial charge in [-0.25, -0.2) is 4.99 Å². The van der Waals surface area contributed by atoms with E-state index in [0.717, 1.165) is 9.56 Å². The van der Waals surface area contributed by atoms with Gasteiger partial charge in [0, 0.05) is 30.2 Å². The SMILES string of the molecule is CCNC(=NCc1cn(C)nc1C(F)(F)F)NCC(C)(O)c1cccs1. The summed E-state index contributed by atoms with van der Waals surface area (Å²) in [6.07, 6.45) is -3.22. The van der Waals surface area contributed by atoms with Crippen molar-refractivity contribution in [1.82, 2.24) is 20.4 Å². The van der Waals surface area contributed by atoms with Crippen molar-refractivity contribution in [1.29, 1.82) is 0 Å². The predicted molar refractivity (Wildman–Crippen MR) is 94.9 cm³/mol. The minimum Gasteiger partial charge on any atom is -0.383 e. The number of hydrogen-bond donors (Lipinski definition) is 3. The highest BCUT2D eigenvalue weighted by molar-refractivity contribution is 7.10. The summed E-state index contributed by atoms with van der Waals surface area (Å²) in [7, 11) is 1.43. The van der Waals surface area contributed by atoms with E-state index >= 15 is 0 Å². The van der Waals surface area contributed by atoms with Crippen molar-refractivity contribution >= 4 is 17.3 Å². The fraction of sp³-hybridized carbons (Fsp3) is 0.500. The standard InChI is InChI=1S/C16H22F3N5OS/c1-4-20-14(22-10-15(2,25)12-6-5-7-26-12)21-8-11-9-24(3)23-13(11)16(17,18)19/h5-7,9,25H,4,8,10H2,1-3H3,(H2,20,21,22). The van der Waals surface area contributed by atoms with Crippen LogP contribution in [0.2, 0.25) is 0 Å². The molecule has 144 valence electrons. The normalized spacial score (nSPS) is 15.0. The van der Waals surface area contributed by atoms with Crippen molar-refractivity contribution < 1.29 is 18.3 Å². The summed E-state index contributed by atoms with van der Waals surface area (Å²) in [5.41, 5.74) is -2.07. The zero-order chi connectivity index (χ0) is 19.4. The molecule has 10 heteroatoms. The number of aryl methyl sites for hydroxylation is 1. The second kappa shape index (κ2) is 8.09. The van der Waals surface area contributed by atoms with Gasteiger partial charge in [-0.3, -0.25) is 4.68 Å². The molecule has 1 unspecified atom stereocenters. The largest absolute Gasteiger partial charge is 0.435 e. The van der Waals surface area contributed by atoms with E-state index in [9.17, 15) is 18.3 Å². The van der Waals surface area contributed by atoms with Crippen LogP contribution in [0.4, 0.5) is 13.2 Å². The molecule has 2 heterocycles. The maximum atomic E-state index is 13.0. The molecular weight excluding hydrogens is 367 g/mol. The highest BCUT2D eigenvalue weighted by Gasteiger charge is 2.36. The lowest BCUT2D eigenvalue weighted by Crippen LogP contribution is -2.44. The Hall–Kier alpha value is -2.07. The number of rotatable bonds is 6. The van der Waals surface area contributed by atoms with E-state index < -0.39 is 17.5 Å². The zero-order valence-electron chi connectivity index (χ0n) is 14.8. The third kappa shape index (κ3) is 5.21. The summed E-state index contributed by atoms with van der Waals surface area (Å²) in [5, 5.41) is 21.8. The Bertz CT molecular complexity index is 738. The van der Waals surface area contributed by atoms with Crippen molar-refractivity contribution in [2.75, 3.05) is 13.1 Å². The summed E-state index contributed by atoms with van der Waals surface area (Å²) in [6, 6.07) is 3.66. The Morgan fingerprint density at radius 1 is 1.38 bits per heavy atom. The van der Waals surface area contributed by atoms with Gasteiger partial charge in [0.25, 0.3) is 0 Å². The Balaban J connectivity index is 2.10. The molecule has 0 aromatic carbocycles. The zero-order valence-corrected chi connectivity index (χ0v) is 15.6. The molecule has 0 radical (unpaired) electrons. The van der Waals surface area contributed by atoms with Crippen LogP contribution in [0.3, 0.4) is 0 Å². The molecule has 0 aliphatic carbocycles. The average Bonchev–Trinajstić information content (AvgIpc) is 3.19. The van der Waals surface area contributed by atoms with Gasteiger partial charge in [-0.15, -0.1) is 11.3 Å². The number of hydrogen-bond acceptors (Lipinski definition) is 4. The molecule has 6 nitrogen and oxygen atoms in total. The molecule has 2 rings (SSSR count). The fourth-order valence-corrected chi connectivity index (χ4v) is 3.11. The second-order valence-corrected chi connectivity index (χ2v) is 6.92. The third-order valence-electron chi connectivity index (χ3n) is 3.58. The van der Waals surface area contributed by atoms with Crippen molar-refractivity contribution in [3.8, 4) is 0 Å². The Kier molecular flexibility index (Phi) is 6.30. The van der Waals surface area contributed by atoms with Crippen LogP contribution in [-0.4, -0.2) is 33.9 Å². The number of aliphatic hydroxyl groups is 1. The van der Waals surface area contributed by atoms with Crippen molar-refractivity contribution in [2.45, 2.75) is 32.2 Å². The third-order valence-corrected chi connectivity index (χ3v) is 4.70. The lowest BCUT2D eigenvalue weighted by molar-refractivity contribution is -0.142. The van der Waals surface area contributed by atoms with Crippen LogP contribution >= 0.6 is 11.3 Å². The first kappa shape index (κ1) is 20.2. The van der Waals surface area contributed by atoms with E-state index in [1.54, 1.807) is 6.92 Å². The summed E-state index contributed by atoms with van der Waals surface area (Å²) in [6.45, 7) is 4.03. The molecule has 0 fully saturated rings. The molecule has 1 atom stereocenters. The lowest BCUT2D eigenvalue weighted by Gasteiger charge is -2.23. The van der Waals surface area contributed by atoms with Gasteiger partial charge in [-0.1, -0.05) is 6.07 Å². The molecule has 2 aromatic heterocycles. The maximum absolute atomic E-state index is 13.0. The number of thiophene rings is 1. The molecule has 0 amide bonds. The monoisotopic (exact) mass is 389 g/mol. The highest BCUT2D eigenvalue weighted by Crippen LogP contribution is 2.30. The molecule has 26 heavy (non-hydrogen) atoms. The Morgan fingerprint density at radius 2 is 2.12 bits per heavy atom. The molecule has 0 spiro atoms. The first-order chi connectivity index (χ1) is 12.1. The molecule has 2 aromatic rings. The number of aliphatic imine (C=N–C) groups is 1. The van der Waals surface area contributed by atoms with Crippen LogP contribution in [0.5, 0.6) is 0 Å². The minimum atomic E-state index is -4.53. The van der Waals surface area contributed by atoms with Crippen molar-refractivity contribution in [3.05, 3.63) is 39.8 Å². The summed E-state index contributed by atoms with van der Waals surface area (Å²) < 4.78 is 40.1. The van der Waals surface area contributed by atoms with E-state index in [1.165, 1.54) is 24.6 Å². The number of nitrogens with zero attached hydrogens (tertiary/aromatic N) is 3. The summed E-state index contributed by atoms with van der Waals surface area (Å²) >= 11 is 1.43. The summed E-state index contributed by atoms with van der Waals surface area (Å²) in [4.78, 5) is 4.97. The van der Waals surface area contributed by atoms with Crippen molar-refractivity contribution in [2.24, 2.45) is 12.0 Å². The van der Waals surface area contributed by atoms with Crippen LogP contribution in [-0.2, 0) is 25.4 Å². The van der Waals surface area contributed by atoms with Gasteiger partial charge in [-0.05, 0) is 25.3 Å². The van der Waals surface area contributed by atoms with Crippen LogP contribution in [0.1, 0.15) is 30.0 Å². The van der Waals surface area contributed by atoms with Gasteiger partial charge in [-0.2, -0.15) is 18.3 Å². The predicted octanol–water partition coefficient (Wildman–Crippen LogP) is 2.46. The molecule has 0 aliphatic heterocycles. The average molecular weight is 389 g/mol. The van der Waals surface area contributed by atoms with E-state index in [-0.39, 0.29) is 18.7 Å². The van der Waals surface area contributed by atoms with E-state index in [2.05, 4.69) is 20.7 Å². The topological polar surface area (TPSA) is 74.5 Å². The van der Waals surface area contributed by atoms with Crippen molar-refractivity contribution in [3.63, 3.8) is 0 Å². The van der Waals surface area contributed by atoms with Gasteiger partial charge < -0.3 is 15.7 Å². The molecular formula is C16H22F3N5OS. The Labute approximate surface area is 153 Å². The molecule has 0 bridgehead atoms. The molecule has 0 aliphatic rings. The molecule has 0 saturated carbocycles. The van der Waals surface area contributed by atoms with Crippen LogP contribution in [0.25, 0.3) is 0 Å². The second-order valence-electron chi connectivity index (χ2n) is 5.97. The number of aromatic nitrogens is 2. The fourth-order valence-electron chi connectivity index (χ4n) is 2.33. The van der Waals surface area contributed by atoms with E-state index in [4.69, 9.17) is 0 Å². The smallest absolute Gasteiger partial charge is 0.383 e. The number of alkyl halides is 3. The van der Waals surface area contributed by atoms with E-state index in [0.29, 0.717) is 12.5 Å². The first-order valence-electron chi connectivity index (χ1n) is 8.01. The number of halogens is 3. The Morgan fingerprint density at radius 3 is 2.69 bits per heavy atom. The van der Waals surface area contributed by atoms with Crippen LogP contribution in [0.15, 0.2) is 28.7 Å². The molecule has 3 N–H and O–H groups in total. The van der Waals surface area contributed by atoms with Gasteiger partial charge >= 0.3 is 6.18 Å². The highest BCUT2D eigenvalue weighted by atomic mass is 32.1. The van der Waals surface area contributed by atoms with Crippen LogP contribution < -0.4 is 10.6 Å². The molecule has 0 saturated heterocycles. The maximum Gasteiger partial charge on any atom is 0.435 e. The number of nitrogens with one attached hydrogen (secondary N) is 2. The number of guanidine groups is 1. The van der Waals surface area contributed by atoms with Gasteiger partial charge in [0.1, 0.15) is 5.60 Å². The van der Waals surface area contributed by atoms with Crippen LogP contribution in [0, 0.1) is 0 Å². The first-order valence-corrected chi connectivity index (χ1v) is 8.89. The van der Waals surface area contributed by atoms with E-state index in [1.807, 2.05) is 24.4 Å². The summed E-state index contributed by atoms with van der Waals surface area (Å²) in [5.74, 6) is 0.321. The van der Waals surface area contributed by atoms with Gasteiger partial charge in [0.15, 0.2) is 11.7 Å². The van der Waals surface area contributed by atoms with Gasteiger partial charge in [0.2, 0.25) is 0 Å².